The lowest BCUT2D eigenvalue weighted by Gasteiger charge is -2.26. The number of hydrogen-bond donors (Lipinski definition) is 1. The lowest BCUT2D eigenvalue weighted by Crippen LogP contribution is -2.28. The van der Waals surface area contributed by atoms with E-state index >= 15 is 0 Å². The van der Waals surface area contributed by atoms with Crippen LogP contribution in [0.4, 0.5) is 4.39 Å². The van der Waals surface area contributed by atoms with E-state index in [0.717, 1.165) is 29.4 Å². The SMILES string of the molecule is CCCNC(c1c(F)cccc1Br)C(C)CC. The van der Waals surface area contributed by atoms with E-state index in [2.05, 4.69) is 42.0 Å². The predicted octanol–water partition coefficient (Wildman–Crippen LogP) is 4.68. The molecule has 0 spiro atoms. The van der Waals surface area contributed by atoms with E-state index in [0.29, 0.717) is 5.92 Å². The van der Waals surface area contributed by atoms with Gasteiger partial charge in [0.25, 0.3) is 0 Å². The molecule has 1 nitrogen and oxygen atoms in total. The minimum absolute atomic E-state index is 0.0792. The molecule has 3 heteroatoms. The molecule has 0 aromatic heterocycles. The highest BCUT2D eigenvalue weighted by molar-refractivity contribution is 9.10. The Balaban J connectivity index is 3.03. The van der Waals surface area contributed by atoms with Crippen molar-refractivity contribution in [2.24, 2.45) is 5.92 Å². The Bertz CT molecular complexity index is 334. The Morgan fingerprint density at radius 3 is 2.59 bits per heavy atom. The topological polar surface area (TPSA) is 12.0 Å². The number of hydrogen-bond acceptors (Lipinski definition) is 1. The van der Waals surface area contributed by atoms with Gasteiger partial charge < -0.3 is 5.32 Å². The number of halogens is 2. The molecule has 17 heavy (non-hydrogen) atoms. The van der Waals surface area contributed by atoms with Crippen LogP contribution in [0.25, 0.3) is 0 Å². The van der Waals surface area contributed by atoms with Gasteiger partial charge in [-0.3, -0.25) is 0 Å². The van der Waals surface area contributed by atoms with Gasteiger partial charge in [-0.25, -0.2) is 4.39 Å². The summed E-state index contributed by atoms with van der Waals surface area (Å²) in [6, 6.07) is 5.25. The Morgan fingerprint density at radius 1 is 1.35 bits per heavy atom. The van der Waals surface area contributed by atoms with Crippen molar-refractivity contribution < 1.29 is 4.39 Å². The van der Waals surface area contributed by atoms with Gasteiger partial charge in [0.15, 0.2) is 0 Å². The summed E-state index contributed by atoms with van der Waals surface area (Å²) in [6.45, 7) is 7.33. The van der Waals surface area contributed by atoms with Crippen LogP contribution in [0, 0.1) is 11.7 Å². The number of rotatable bonds is 6. The van der Waals surface area contributed by atoms with E-state index in [1.807, 2.05) is 6.07 Å². The van der Waals surface area contributed by atoms with Crippen LogP contribution in [0.1, 0.15) is 45.2 Å². The Hall–Kier alpha value is -0.410. The Kier molecular flexibility index (Phi) is 6.14. The first-order valence-electron chi connectivity index (χ1n) is 6.29. The van der Waals surface area contributed by atoms with Gasteiger partial charge >= 0.3 is 0 Å². The molecule has 96 valence electrons. The molecule has 0 fully saturated rings. The van der Waals surface area contributed by atoms with Crippen LogP contribution >= 0.6 is 15.9 Å². The van der Waals surface area contributed by atoms with Crippen molar-refractivity contribution in [2.45, 2.75) is 39.7 Å². The van der Waals surface area contributed by atoms with Crippen LogP contribution in [0.3, 0.4) is 0 Å². The van der Waals surface area contributed by atoms with E-state index in [-0.39, 0.29) is 11.9 Å². The molecule has 0 saturated carbocycles. The molecule has 2 atom stereocenters. The largest absolute Gasteiger partial charge is 0.310 e. The van der Waals surface area contributed by atoms with Crippen molar-refractivity contribution in [3.63, 3.8) is 0 Å². The highest BCUT2D eigenvalue weighted by Gasteiger charge is 2.22. The average Bonchev–Trinajstić information content (AvgIpc) is 2.32. The zero-order valence-corrected chi connectivity index (χ0v) is 12.3. The molecule has 0 aliphatic heterocycles. The summed E-state index contributed by atoms with van der Waals surface area (Å²) in [4.78, 5) is 0. The highest BCUT2D eigenvalue weighted by Crippen LogP contribution is 2.32. The van der Waals surface area contributed by atoms with Gasteiger partial charge in [-0.2, -0.15) is 0 Å². The van der Waals surface area contributed by atoms with Gasteiger partial charge in [-0.05, 0) is 31.0 Å². The van der Waals surface area contributed by atoms with Crippen LogP contribution in [-0.2, 0) is 0 Å². The summed E-state index contributed by atoms with van der Waals surface area (Å²) in [5, 5.41) is 3.45. The maximum atomic E-state index is 14.0. The van der Waals surface area contributed by atoms with Crippen LogP contribution in [-0.4, -0.2) is 6.54 Å². The molecule has 1 aromatic rings. The van der Waals surface area contributed by atoms with E-state index in [1.165, 1.54) is 6.07 Å². The average molecular weight is 302 g/mol. The van der Waals surface area contributed by atoms with Crippen LogP contribution in [0.5, 0.6) is 0 Å². The summed E-state index contributed by atoms with van der Waals surface area (Å²) in [5.74, 6) is 0.281. The Morgan fingerprint density at radius 2 is 2.06 bits per heavy atom. The quantitative estimate of drug-likeness (QED) is 0.805. The van der Waals surface area contributed by atoms with E-state index in [9.17, 15) is 4.39 Å². The smallest absolute Gasteiger partial charge is 0.129 e. The van der Waals surface area contributed by atoms with Gasteiger partial charge in [-0.1, -0.05) is 49.2 Å². The van der Waals surface area contributed by atoms with Gasteiger partial charge in [0.1, 0.15) is 5.82 Å². The normalized spacial score (nSPS) is 14.6. The van der Waals surface area contributed by atoms with Crippen LogP contribution < -0.4 is 5.32 Å². The lowest BCUT2D eigenvalue weighted by molar-refractivity contribution is 0.364. The highest BCUT2D eigenvalue weighted by atomic mass is 79.9. The Labute approximate surface area is 112 Å². The molecule has 1 N–H and O–H groups in total. The molecule has 2 unspecified atom stereocenters. The van der Waals surface area contributed by atoms with Gasteiger partial charge in [0.05, 0.1) is 0 Å². The summed E-state index contributed by atoms with van der Waals surface area (Å²) in [5.41, 5.74) is 0.760. The van der Waals surface area contributed by atoms with Crippen LogP contribution in [0.2, 0.25) is 0 Å². The molecule has 0 bridgehead atoms. The minimum atomic E-state index is -0.131. The second-order valence-corrected chi connectivity index (χ2v) is 5.31. The number of nitrogens with one attached hydrogen (secondary N) is 1. The molecule has 0 radical (unpaired) electrons. The second-order valence-electron chi connectivity index (χ2n) is 4.45. The fourth-order valence-corrected chi connectivity index (χ4v) is 2.52. The zero-order valence-electron chi connectivity index (χ0n) is 10.8. The van der Waals surface area contributed by atoms with Crippen molar-refractivity contribution >= 4 is 15.9 Å². The molecule has 0 amide bonds. The van der Waals surface area contributed by atoms with E-state index in [4.69, 9.17) is 0 Å². The van der Waals surface area contributed by atoms with Crippen molar-refractivity contribution in [3.05, 3.63) is 34.1 Å². The first kappa shape index (κ1) is 14.7. The minimum Gasteiger partial charge on any atom is -0.310 e. The predicted molar refractivity (Wildman–Crippen MR) is 74.6 cm³/mol. The van der Waals surface area contributed by atoms with E-state index < -0.39 is 0 Å². The van der Waals surface area contributed by atoms with Gasteiger partial charge in [0, 0.05) is 16.1 Å². The fraction of sp³-hybridized carbons (Fsp3) is 0.571. The first-order valence-corrected chi connectivity index (χ1v) is 7.08. The van der Waals surface area contributed by atoms with Crippen molar-refractivity contribution in [2.75, 3.05) is 6.54 Å². The number of benzene rings is 1. The zero-order chi connectivity index (χ0) is 12.8. The van der Waals surface area contributed by atoms with Crippen LogP contribution in [0.15, 0.2) is 22.7 Å². The lowest BCUT2D eigenvalue weighted by atomic mass is 9.92. The molecule has 0 aliphatic rings. The maximum absolute atomic E-state index is 14.0. The van der Waals surface area contributed by atoms with E-state index in [1.54, 1.807) is 6.07 Å². The molecule has 1 aromatic carbocycles. The second kappa shape index (κ2) is 7.12. The fourth-order valence-electron chi connectivity index (χ4n) is 1.93. The van der Waals surface area contributed by atoms with Gasteiger partial charge in [0.2, 0.25) is 0 Å². The third-order valence-electron chi connectivity index (χ3n) is 3.14. The molecule has 0 saturated heterocycles. The molecular formula is C14H21BrFN. The van der Waals surface area contributed by atoms with Crippen molar-refractivity contribution in [1.29, 1.82) is 0 Å². The monoisotopic (exact) mass is 301 g/mol. The standard InChI is InChI=1S/C14H21BrFN/c1-4-9-17-14(10(3)5-2)13-11(15)7-6-8-12(13)16/h6-8,10,14,17H,4-5,9H2,1-3H3. The summed E-state index contributed by atoms with van der Waals surface area (Å²) in [7, 11) is 0. The van der Waals surface area contributed by atoms with Crippen molar-refractivity contribution in [3.8, 4) is 0 Å². The summed E-state index contributed by atoms with van der Waals surface area (Å²) >= 11 is 3.46. The molecule has 0 heterocycles. The third-order valence-corrected chi connectivity index (χ3v) is 3.83. The van der Waals surface area contributed by atoms with Crippen molar-refractivity contribution in [1.82, 2.24) is 5.32 Å². The van der Waals surface area contributed by atoms with Gasteiger partial charge in [-0.15, -0.1) is 0 Å². The third kappa shape index (κ3) is 3.78. The molecule has 0 aliphatic carbocycles. The molecule has 1 rings (SSSR count). The maximum Gasteiger partial charge on any atom is 0.129 e. The first-order chi connectivity index (χ1) is 8.11. The molecular weight excluding hydrogens is 281 g/mol. The summed E-state index contributed by atoms with van der Waals surface area (Å²) in [6.07, 6.45) is 2.08. The summed E-state index contributed by atoms with van der Waals surface area (Å²) < 4.78 is 14.8.